The van der Waals surface area contributed by atoms with Gasteiger partial charge in [0.05, 0.1) is 19.3 Å². The van der Waals surface area contributed by atoms with Crippen molar-refractivity contribution in [2.75, 3.05) is 32.8 Å². The van der Waals surface area contributed by atoms with Gasteiger partial charge < -0.3 is 15.4 Å². The van der Waals surface area contributed by atoms with Crippen molar-refractivity contribution in [3.8, 4) is 0 Å². The van der Waals surface area contributed by atoms with Crippen molar-refractivity contribution in [1.29, 1.82) is 0 Å². The first-order valence-corrected chi connectivity index (χ1v) is 9.27. The van der Waals surface area contributed by atoms with Crippen molar-refractivity contribution in [2.24, 2.45) is 0 Å². The van der Waals surface area contributed by atoms with Crippen LogP contribution in [0.4, 0.5) is 9.18 Å². The average Bonchev–Trinajstić information content (AvgIpc) is 2.71. The van der Waals surface area contributed by atoms with E-state index in [2.05, 4.69) is 27.7 Å². The lowest BCUT2D eigenvalue weighted by Crippen LogP contribution is -2.45. The molecule has 1 heterocycles. The fourth-order valence-corrected chi connectivity index (χ4v) is 3.20. The molecule has 1 fully saturated rings. The minimum atomic E-state index is -0.259. The topological polar surface area (TPSA) is 53.6 Å². The van der Waals surface area contributed by atoms with Gasteiger partial charge in [-0.3, -0.25) is 4.90 Å². The fraction of sp³-hybridized carbons (Fsp3) is 0.381. The van der Waals surface area contributed by atoms with Crippen LogP contribution in [0, 0.1) is 12.7 Å². The van der Waals surface area contributed by atoms with Crippen LogP contribution in [-0.4, -0.2) is 43.8 Å². The molecule has 1 unspecified atom stereocenters. The van der Waals surface area contributed by atoms with Gasteiger partial charge in [-0.25, -0.2) is 9.18 Å². The SMILES string of the molecule is Cc1ccc(CNC(=O)NCC(c2ccccc2)N2CCOCC2)cc1F. The standard InChI is InChI=1S/C21H26FN3O2/c1-16-7-8-17(13-19(16)22)14-23-21(26)24-15-20(18-5-3-2-4-6-18)25-9-11-27-12-10-25/h2-8,13,20H,9-12,14-15H2,1H3,(H2,23,24,26). The number of aryl methyl sites for hydroxylation is 1. The summed E-state index contributed by atoms with van der Waals surface area (Å²) >= 11 is 0. The van der Waals surface area contributed by atoms with Gasteiger partial charge in [-0.05, 0) is 29.7 Å². The minimum Gasteiger partial charge on any atom is -0.379 e. The molecule has 0 bridgehead atoms. The predicted octanol–water partition coefficient (Wildman–Crippen LogP) is 3.01. The van der Waals surface area contributed by atoms with Gasteiger partial charge in [0.2, 0.25) is 0 Å². The number of ether oxygens (including phenoxy) is 1. The Bertz CT molecular complexity index is 748. The Labute approximate surface area is 159 Å². The molecule has 0 aliphatic carbocycles. The van der Waals surface area contributed by atoms with E-state index in [0.717, 1.165) is 18.7 Å². The molecule has 1 aliphatic heterocycles. The Morgan fingerprint density at radius 1 is 1.15 bits per heavy atom. The maximum Gasteiger partial charge on any atom is 0.315 e. The van der Waals surface area contributed by atoms with E-state index in [4.69, 9.17) is 4.74 Å². The average molecular weight is 371 g/mol. The van der Waals surface area contributed by atoms with Crippen LogP contribution in [-0.2, 0) is 11.3 Å². The van der Waals surface area contributed by atoms with E-state index in [0.29, 0.717) is 25.3 Å². The zero-order chi connectivity index (χ0) is 19.1. The number of morpholine rings is 1. The number of carbonyl (C=O) groups excluding carboxylic acids is 1. The molecular weight excluding hydrogens is 345 g/mol. The third-order valence-electron chi connectivity index (χ3n) is 4.82. The van der Waals surface area contributed by atoms with E-state index in [1.807, 2.05) is 24.3 Å². The molecule has 0 saturated carbocycles. The van der Waals surface area contributed by atoms with E-state index in [9.17, 15) is 9.18 Å². The quantitative estimate of drug-likeness (QED) is 0.821. The van der Waals surface area contributed by atoms with Crippen molar-refractivity contribution < 1.29 is 13.9 Å². The highest BCUT2D eigenvalue weighted by Crippen LogP contribution is 2.21. The summed E-state index contributed by atoms with van der Waals surface area (Å²) in [7, 11) is 0. The highest BCUT2D eigenvalue weighted by molar-refractivity contribution is 5.73. The van der Waals surface area contributed by atoms with E-state index in [1.165, 1.54) is 11.6 Å². The molecule has 2 aromatic carbocycles. The summed E-state index contributed by atoms with van der Waals surface area (Å²) in [6.45, 7) is 5.59. The molecule has 1 atom stereocenters. The Hall–Kier alpha value is -2.44. The molecule has 5 nitrogen and oxygen atoms in total. The summed E-state index contributed by atoms with van der Waals surface area (Å²) in [4.78, 5) is 14.6. The van der Waals surface area contributed by atoms with Crippen LogP contribution in [0.3, 0.4) is 0 Å². The summed E-state index contributed by atoms with van der Waals surface area (Å²) in [5.41, 5.74) is 2.50. The molecule has 3 rings (SSSR count). The van der Waals surface area contributed by atoms with Gasteiger partial charge in [0.15, 0.2) is 0 Å². The number of nitrogens with zero attached hydrogens (tertiary/aromatic N) is 1. The van der Waals surface area contributed by atoms with Gasteiger partial charge in [0.25, 0.3) is 0 Å². The number of hydrogen-bond donors (Lipinski definition) is 2. The maximum atomic E-state index is 13.6. The predicted molar refractivity (Wildman–Crippen MR) is 103 cm³/mol. The van der Waals surface area contributed by atoms with Gasteiger partial charge in [0.1, 0.15) is 5.82 Å². The maximum absolute atomic E-state index is 13.6. The van der Waals surface area contributed by atoms with Crippen LogP contribution in [0.15, 0.2) is 48.5 Å². The van der Waals surface area contributed by atoms with Crippen molar-refractivity contribution in [3.63, 3.8) is 0 Å². The number of hydrogen-bond acceptors (Lipinski definition) is 3. The molecular formula is C21H26FN3O2. The van der Waals surface area contributed by atoms with E-state index in [-0.39, 0.29) is 24.4 Å². The van der Waals surface area contributed by atoms with E-state index < -0.39 is 0 Å². The molecule has 0 spiro atoms. The van der Waals surface area contributed by atoms with Gasteiger partial charge in [-0.15, -0.1) is 0 Å². The smallest absolute Gasteiger partial charge is 0.315 e. The second-order valence-electron chi connectivity index (χ2n) is 6.72. The summed E-state index contributed by atoms with van der Waals surface area (Å²) in [6, 6.07) is 15.0. The molecule has 144 valence electrons. The summed E-state index contributed by atoms with van der Waals surface area (Å²) in [6.07, 6.45) is 0. The molecule has 0 radical (unpaired) electrons. The summed E-state index contributed by atoms with van der Waals surface area (Å²) in [5, 5.41) is 5.74. The van der Waals surface area contributed by atoms with Crippen molar-refractivity contribution in [3.05, 3.63) is 71.0 Å². The molecule has 2 aromatic rings. The second kappa shape index (κ2) is 9.48. The Morgan fingerprint density at radius 2 is 1.89 bits per heavy atom. The monoisotopic (exact) mass is 371 g/mol. The van der Waals surface area contributed by atoms with Crippen LogP contribution in [0.25, 0.3) is 0 Å². The number of amides is 2. The number of urea groups is 1. The molecule has 1 aliphatic rings. The van der Waals surface area contributed by atoms with Gasteiger partial charge in [-0.2, -0.15) is 0 Å². The minimum absolute atomic E-state index is 0.0951. The first kappa shape index (κ1) is 19.3. The molecule has 1 saturated heterocycles. The second-order valence-corrected chi connectivity index (χ2v) is 6.72. The van der Waals surface area contributed by atoms with Gasteiger partial charge >= 0.3 is 6.03 Å². The Balaban J connectivity index is 1.55. The molecule has 6 heteroatoms. The first-order valence-electron chi connectivity index (χ1n) is 9.27. The van der Waals surface area contributed by atoms with E-state index >= 15 is 0 Å². The lowest BCUT2D eigenvalue weighted by atomic mass is 10.0. The third-order valence-corrected chi connectivity index (χ3v) is 4.82. The largest absolute Gasteiger partial charge is 0.379 e. The van der Waals surface area contributed by atoms with Crippen LogP contribution < -0.4 is 10.6 Å². The van der Waals surface area contributed by atoms with Crippen LogP contribution in [0.2, 0.25) is 0 Å². The lowest BCUT2D eigenvalue weighted by molar-refractivity contribution is 0.0167. The Kier molecular flexibility index (Phi) is 6.79. The highest BCUT2D eigenvalue weighted by atomic mass is 19.1. The van der Waals surface area contributed by atoms with Crippen molar-refractivity contribution in [2.45, 2.75) is 19.5 Å². The van der Waals surface area contributed by atoms with Gasteiger partial charge in [-0.1, -0.05) is 42.5 Å². The zero-order valence-corrected chi connectivity index (χ0v) is 15.6. The number of rotatable bonds is 6. The first-order chi connectivity index (χ1) is 13.1. The number of nitrogens with one attached hydrogen (secondary N) is 2. The van der Waals surface area contributed by atoms with E-state index in [1.54, 1.807) is 13.0 Å². The van der Waals surface area contributed by atoms with Gasteiger partial charge in [0, 0.05) is 26.2 Å². The van der Waals surface area contributed by atoms with Crippen LogP contribution in [0.5, 0.6) is 0 Å². The number of benzene rings is 2. The van der Waals surface area contributed by atoms with Crippen molar-refractivity contribution >= 4 is 6.03 Å². The number of carbonyl (C=O) groups is 1. The summed E-state index contributed by atoms with van der Waals surface area (Å²) in [5.74, 6) is -0.258. The normalized spacial score (nSPS) is 15.9. The highest BCUT2D eigenvalue weighted by Gasteiger charge is 2.23. The molecule has 2 N–H and O–H groups in total. The lowest BCUT2D eigenvalue weighted by Gasteiger charge is -2.34. The number of halogens is 1. The zero-order valence-electron chi connectivity index (χ0n) is 15.6. The Morgan fingerprint density at radius 3 is 2.59 bits per heavy atom. The van der Waals surface area contributed by atoms with Crippen molar-refractivity contribution in [1.82, 2.24) is 15.5 Å². The fourth-order valence-electron chi connectivity index (χ4n) is 3.20. The molecule has 27 heavy (non-hydrogen) atoms. The third kappa shape index (κ3) is 5.52. The molecule has 2 amide bonds. The van der Waals surface area contributed by atoms with Crippen LogP contribution >= 0.6 is 0 Å². The summed E-state index contributed by atoms with van der Waals surface area (Å²) < 4.78 is 19.1. The van der Waals surface area contributed by atoms with Crippen LogP contribution in [0.1, 0.15) is 22.7 Å². The molecule has 0 aromatic heterocycles.